The van der Waals surface area contributed by atoms with Crippen LogP contribution in [0.15, 0.2) is 30.6 Å². The van der Waals surface area contributed by atoms with E-state index in [9.17, 15) is 4.79 Å². The number of nitrogens with one attached hydrogen (secondary N) is 2. The van der Waals surface area contributed by atoms with Gasteiger partial charge in [-0.25, -0.2) is 9.48 Å². The fraction of sp³-hybridized carbons (Fsp3) is 0.467. The quantitative estimate of drug-likeness (QED) is 0.853. The summed E-state index contributed by atoms with van der Waals surface area (Å²) in [4.78, 5) is 12.0. The van der Waals surface area contributed by atoms with Crippen LogP contribution in [0.5, 0.6) is 0 Å². The van der Waals surface area contributed by atoms with E-state index in [-0.39, 0.29) is 6.03 Å². The Bertz CT molecular complexity index is 587. The molecule has 1 aliphatic carbocycles. The number of urea groups is 1. The third-order valence-corrected chi connectivity index (χ3v) is 3.93. The topological polar surface area (TPSA) is 84.7 Å². The summed E-state index contributed by atoms with van der Waals surface area (Å²) >= 11 is 0. The summed E-state index contributed by atoms with van der Waals surface area (Å²) in [7, 11) is 0. The molecule has 1 fully saturated rings. The van der Waals surface area contributed by atoms with Crippen LogP contribution in [0.25, 0.3) is 5.69 Å². The molecule has 1 aliphatic rings. The molecule has 2 aromatic rings. The predicted molar refractivity (Wildman–Crippen MR) is 82.8 cm³/mol. The Morgan fingerprint density at radius 3 is 2.45 bits per heavy atom. The predicted octanol–water partition coefficient (Wildman–Crippen LogP) is 2.51. The van der Waals surface area contributed by atoms with E-state index >= 15 is 0 Å². The van der Waals surface area contributed by atoms with Crippen LogP contribution >= 0.6 is 0 Å². The second-order valence-electron chi connectivity index (χ2n) is 5.59. The van der Waals surface area contributed by atoms with Crippen molar-refractivity contribution < 1.29 is 4.79 Å². The van der Waals surface area contributed by atoms with Gasteiger partial charge in [-0.2, -0.15) is 0 Å². The number of nitrogens with zero attached hydrogens (tertiary/aromatic N) is 4. The highest BCUT2D eigenvalue weighted by Crippen LogP contribution is 2.17. The second-order valence-corrected chi connectivity index (χ2v) is 5.59. The molecule has 116 valence electrons. The Morgan fingerprint density at radius 2 is 1.82 bits per heavy atom. The number of amides is 2. The maximum absolute atomic E-state index is 12.0. The van der Waals surface area contributed by atoms with Crippen molar-refractivity contribution in [2.75, 3.05) is 5.32 Å². The van der Waals surface area contributed by atoms with Crippen LogP contribution in [0, 0.1) is 0 Å². The fourth-order valence-corrected chi connectivity index (χ4v) is 2.75. The van der Waals surface area contributed by atoms with E-state index in [4.69, 9.17) is 0 Å². The summed E-state index contributed by atoms with van der Waals surface area (Å²) in [6.45, 7) is 0. The van der Waals surface area contributed by atoms with Crippen molar-refractivity contribution in [3.8, 4) is 5.69 Å². The summed E-state index contributed by atoms with van der Waals surface area (Å²) in [5, 5.41) is 16.9. The van der Waals surface area contributed by atoms with Crippen LogP contribution in [0.2, 0.25) is 0 Å². The van der Waals surface area contributed by atoms with E-state index in [1.54, 1.807) is 4.68 Å². The molecule has 0 saturated heterocycles. The maximum atomic E-state index is 12.0. The molecule has 2 amide bonds. The minimum atomic E-state index is -0.137. The van der Waals surface area contributed by atoms with Gasteiger partial charge in [0.05, 0.1) is 5.69 Å². The van der Waals surface area contributed by atoms with E-state index in [0.29, 0.717) is 6.04 Å². The SMILES string of the molecule is O=C(Nc1ccc(-n2cnnn2)cc1)NC1CCCCCC1. The molecule has 0 aliphatic heterocycles. The minimum absolute atomic E-state index is 0.137. The van der Waals surface area contributed by atoms with Gasteiger partial charge in [-0.1, -0.05) is 25.7 Å². The second kappa shape index (κ2) is 7.02. The zero-order valence-electron chi connectivity index (χ0n) is 12.4. The first-order valence-corrected chi connectivity index (χ1v) is 7.72. The van der Waals surface area contributed by atoms with Gasteiger partial charge in [-0.05, 0) is 47.5 Å². The normalized spacial score (nSPS) is 16.0. The Hall–Kier alpha value is -2.44. The molecule has 0 spiro atoms. The summed E-state index contributed by atoms with van der Waals surface area (Å²) in [6.07, 6.45) is 8.63. The molecule has 1 aromatic carbocycles. The number of benzene rings is 1. The Morgan fingerprint density at radius 1 is 1.09 bits per heavy atom. The van der Waals surface area contributed by atoms with E-state index in [1.165, 1.54) is 32.0 Å². The maximum Gasteiger partial charge on any atom is 0.319 e. The molecule has 7 nitrogen and oxygen atoms in total. The molecule has 1 heterocycles. The molecule has 0 unspecified atom stereocenters. The van der Waals surface area contributed by atoms with Gasteiger partial charge in [-0.15, -0.1) is 5.10 Å². The van der Waals surface area contributed by atoms with Gasteiger partial charge in [0.1, 0.15) is 6.33 Å². The lowest BCUT2D eigenvalue weighted by Crippen LogP contribution is -2.37. The van der Waals surface area contributed by atoms with Gasteiger partial charge in [0.15, 0.2) is 0 Å². The monoisotopic (exact) mass is 300 g/mol. The largest absolute Gasteiger partial charge is 0.335 e. The molecule has 7 heteroatoms. The summed E-state index contributed by atoms with van der Waals surface area (Å²) < 4.78 is 1.56. The number of carbonyl (C=O) groups is 1. The van der Waals surface area contributed by atoms with Gasteiger partial charge in [-0.3, -0.25) is 0 Å². The molecular weight excluding hydrogens is 280 g/mol. The number of hydrogen-bond acceptors (Lipinski definition) is 4. The van der Waals surface area contributed by atoms with Crippen LogP contribution in [0.3, 0.4) is 0 Å². The minimum Gasteiger partial charge on any atom is -0.335 e. The summed E-state index contributed by atoms with van der Waals surface area (Å²) in [5.74, 6) is 0. The van der Waals surface area contributed by atoms with E-state index in [2.05, 4.69) is 26.2 Å². The lowest BCUT2D eigenvalue weighted by molar-refractivity contribution is 0.247. The number of tetrazole rings is 1. The highest BCUT2D eigenvalue weighted by molar-refractivity contribution is 5.89. The van der Waals surface area contributed by atoms with Crippen LogP contribution in [-0.4, -0.2) is 32.3 Å². The number of hydrogen-bond donors (Lipinski definition) is 2. The van der Waals surface area contributed by atoms with Gasteiger partial charge >= 0.3 is 6.03 Å². The van der Waals surface area contributed by atoms with E-state index < -0.39 is 0 Å². The molecule has 0 radical (unpaired) electrons. The molecule has 2 N–H and O–H groups in total. The molecule has 22 heavy (non-hydrogen) atoms. The molecule has 0 bridgehead atoms. The van der Waals surface area contributed by atoms with Crippen molar-refractivity contribution in [1.82, 2.24) is 25.5 Å². The van der Waals surface area contributed by atoms with Gasteiger partial charge < -0.3 is 10.6 Å². The highest BCUT2D eigenvalue weighted by Gasteiger charge is 2.14. The lowest BCUT2D eigenvalue weighted by atomic mass is 10.1. The first-order chi connectivity index (χ1) is 10.8. The summed E-state index contributed by atoms with van der Waals surface area (Å²) in [5.41, 5.74) is 1.60. The average Bonchev–Trinajstić information content (AvgIpc) is 2.94. The zero-order valence-corrected chi connectivity index (χ0v) is 12.4. The highest BCUT2D eigenvalue weighted by atomic mass is 16.2. The van der Waals surface area contributed by atoms with Crippen molar-refractivity contribution in [1.29, 1.82) is 0 Å². The van der Waals surface area contributed by atoms with E-state index in [1.807, 2.05) is 24.3 Å². The van der Waals surface area contributed by atoms with Crippen molar-refractivity contribution in [2.45, 2.75) is 44.6 Å². The first-order valence-electron chi connectivity index (χ1n) is 7.72. The van der Waals surface area contributed by atoms with E-state index in [0.717, 1.165) is 24.2 Å². The fourth-order valence-electron chi connectivity index (χ4n) is 2.75. The summed E-state index contributed by atoms with van der Waals surface area (Å²) in [6, 6.07) is 7.55. The van der Waals surface area contributed by atoms with Crippen LogP contribution < -0.4 is 10.6 Å². The van der Waals surface area contributed by atoms with Crippen molar-refractivity contribution in [3.63, 3.8) is 0 Å². The van der Waals surface area contributed by atoms with Crippen molar-refractivity contribution >= 4 is 11.7 Å². The van der Waals surface area contributed by atoms with Crippen molar-refractivity contribution in [3.05, 3.63) is 30.6 Å². The third kappa shape index (κ3) is 3.81. The molecule has 0 atom stereocenters. The Kier molecular flexibility index (Phi) is 4.62. The standard InChI is InChI=1S/C15H20N6O/c22-15(17-12-5-3-1-2-4-6-12)18-13-7-9-14(10-8-13)21-11-16-19-20-21/h7-12H,1-6H2,(H2,17,18,22). The van der Waals surface area contributed by atoms with Crippen LogP contribution in [0.4, 0.5) is 10.5 Å². The van der Waals surface area contributed by atoms with Gasteiger partial charge in [0.25, 0.3) is 0 Å². The van der Waals surface area contributed by atoms with Crippen LogP contribution in [0.1, 0.15) is 38.5 Å². The van der Waals surface area contributed by atoms with Gasteiger partial charge in [0.2, 0.25) is 0 Å². The Labute approximate surface area is 129 Å². The first kappa shape index (κ1) is 14.5. The Balaban J connectivity index is 1.55. The lowest BCUT2D eigenvalue weighted by Gasteiger charge is -2.16. The van der Waals surface area contributed by atoms with Crippen molar-refractivity contribution in [2.24, 2.45) is 0 Å². The smallest absolute Gasteiger partial charge is 0.319 e. The number of aromatic nitrogens is 4. The zero-order chi connectivity index (χ0) is 15.2. The number of rotatable bonds is 3. The third-order valence-electron chi connectivity index (χ3n) is 3.93. The number of anilines is 1. The van der Waals surface area contributed by atoms with Crippen LogP contribution in [-0.2, 0) is 0 Å². The molecular formula is C15H20N6O. The molecule has 3 rings (SSSR count). The average molecular weight is 300 g/mol. The molecule has 1 saturated carbocycles. The molecule has 1 aromatic heterocycles. The van der Waals surface area contributed by atoms with Gasteiger partial charge in [0, 0.05) is 11.7 Å². The number of carbonyl (C=O) groups excluding carboxylic acids is 1.